The average Bonchev–Trinajstić information content (AvgIpc) is 2.91. The summed E-state index contributed by atoms with van der Waals surface area (Å²) in [6.07, 6.45) is 3.32. The number of halogens is 1. The lowest BCUT2D eigenvalue weighted by Crippen LogP contribution is -2.03. The summed E-state index contributed by atoms with van der Waals surface area (Å²) in [5.41, 5.74) is 8.41. The Kier molecular flexibility index (Phi) is 3.13. The molecule has 0 saturated carbocycles. The van der Waals surface area contributed by atoms with E-state index in [0.717, 1.165) is 26.8 Å². The Morgan fingerprint density at radius 1 is 1.32 bits per heavy atom. The largest absolute Gasteiger partial charge is 0.467 e. The van der Waals surface area contributed by atoms with Crippen LogP contribution in [0, 0.1) is 0 Å². The Morgan fingerprint density at radius 2 is 2.21 bits per heavy atom. The Bertz CT molecular complexity index is 705. The van der Waals surface area contributed by atoms with Gasteiger partial charge in [-0.15, -0.1) is 0 Å². The van der Waals surface area contributed by atoms with E-state index in [1.807, 2.05) is 30.3 Å². The van der Waals surface area contributed by atoms with Crippen molar-refractivity contribution in [2.24, 2.45) is 0 Å². The molecule has 3 rings (SSSR count). The van der Waals surface area contributed by atoms with E-state index in [0.29, 0.717) is 12.2 Å². The Balaban J connectivity index is 2.01. The van der Waals surface area contributed by atoms with E-state index in [4.69, 9.17) is 10.2 Å². The molecule has 0 saturated heterocycles. The van der Waals surface area contributed by atoms with Crippen molar-refractivity contribution in [3.63, 3.8) is 0 Å². The number of rotatable bonds is 3. The van der Waals surface area contributed by atoms with E-state index in [9.17, 15) is 0 Å². The molecule has 5 heteroatoms. The number of pyridine rings is 1. The molecule has 3 N–H and O–H groups in total. The maximum absolute atomic E-state index is 6.01. The summed E-state index contributed by atoms with van der Waals surface area (Å²) in [7, 11) is 0. The van der Waals surface area contributed by atoms with E-state index >= 15 is 0 Å². The van der Waals surface area contributed by atoms with Gasteiger partial charge >= 0.3 is 0 Å². The molecule has 2 heterocycles. The van der Waals surface area contributed by atoms with Crippen LogP contribution >= 0.6 is 15.9 Å². The predicted molar refractivity (Wildman–Crippen MR) is 79.9 cm³/mol. The Labute approximate surface area is 118 Å². The fourth-order valence-electron chi connectivity index (χ4n) is 1.97. The zero-order valence-electron chi connectivity index (χ0n) is 10.1. The molecule has 0 aliphatic rings. The smallest absolute Gasteiger partial charge is 0.122 e. The van der Waals surface area contributed by atoms with Crippen molar-refractivity contribution < 1.29 is 4.42 Å². The summed E-state index contributed by atoms with van der Waals surface area (Å²) in [6, 6.07) is 9.70. The molecule has 0 amide bonds. The van der Waals surface area contributed by atoms with Gasteiger partial charge in [-0.2, -0.15) is 0 Å². The van der Waals surface area contributed by atoms with Gasteiger partial charge in [-0.3, -0.25) is 4.98 Å². The summed E-state index contributed by atoms with van der Waals surface area (Å²) in [5, 5.41) is 4.29. The van der Waals surface area contributed by atoms with Crippen molar-refractivity contribution in [2.75, 3.05) is 11.1 Å². The zero-order chi connectivity index (χ0) is 13.2. The molecule has 0 atom stereocenters. The van der Waals surface area contributed by atoms with Crippen molar-refractivity contribution in [2.45, 2.75) is 6.54 Å². The summed E-state index contributed by atoms with van der Waals surface area (Å²) in [5.74, 6) is 0.861. The van der Waals surface area contributed by atoms with Crippen molar-refractivity contribution >= 4 is 38.2 Å². The lowest BCUT2D eigenvalue weighted by Gasteiger charge is -2.11. The number of nitrogens with two attached hydrogens (primary N) is 1. The summed E-state index contributed by atoms with van der Waals surface area (Å²) in [6.45, 7) is 0.586. The lowest BCUT2D eigenvalue weighted by molar-refractivity contribution is 0.518. The number of hydrogen-bond donors (Lipinski definition) is 2. The predicted octanol–water partition coefficient (Wildman–Crippen LogP) is 3.78. The normalized spacial score (nSPS) is 10.8. The van der Waals surface area contributed by atoms with E-state index in [1.165, 1.54) is 0 Å². The first-order valence-corrected chi connectivity index (χ1v) is 6.63. The standard InChI is InChI=1S/C14H12BrN3O/c15-9-3-4-13-11(6-9)14(12(16)8-17-13)18-7-10-2-1-5-19-10/h1-6,8H,7,16H2,(H,17,18). The molecular formula is C14H12BrN3O. The molecule has 0 radical (unpaired) electrons. The third-order valence-corrected chi connectivity index (χ3v) is 3.37. The molecule has 0 aliphatic heterocycles. The fraction of sp³-hybridized carbons (Fsp3) is 0.0714. The number of nitrogens with zero attached hydrogens (tertiary/aromatic N) is 1. The maximum Gasteiger partial charge on any atom is 0.122 e. The van der Waals surface area contributed by atoms with Gasteiger partial charge in [0, 0.05) is 9.86 Å². The minimum atomic E-state index is 0.586. The molecule has 96 valence electrons. The van der Waals surface area contributed by atoms with E-state index < -0.39 is 0 Å². The highest BCUT2D eigenvalue weighted by Crippen LogP contribution is 2.30. The number of fused-ring (bicyclic) bond motifs is 1. The van der Waals surface area contributed by atoms with Crippen LogP contribution in [0.25, 0.3) is 10.9 Å². The van der Waals surface area contributed by atoms with Crippen LogP contribution in [0.5, 0.6) is 0 Å². The second-order valence-electron chi connectivity index (χ2n) is 4.18. The van der Waals surface area contributed by atoms with Gasteiger partial charge in [0.2, 0.25) is 0 Å². The number of nitrogens with one attached hydrogen (secondary N) is 1. The van der Waals surface area contributed by atoms with Crippen molar-refractivity contribution in [3.05, 3.63) is 53.0 Å². The van der Waals surface area contributed by atoms with E-state index in [2.05, 4.69) is 26.2 Å². The average molecular weight is 318 g/mol. The molecular weight excluding hydrogens is 306 g/mol. The van der Waals surface area contributed by atoms with Crippen LogP contribution in [-0.2, 0) is 6.54 Å². The SMILES string of the molecule is Nc1cnc2ccc(Br)cc2c1NCc1ccco1. The van der Waals surface area contributed by atoms with Crippen molar-refractivity contribution in [3.8, 4) is 0 Å². The second kappa shape index (κ2) is 4.93. The molecule has 3 aromatic rings. The fourth-order valence-corrected chi connectivity index (χ4v) is 2.33. The summed E-state index contributed by atoms with van der Waals surface area (Å²) < 4.78 is 6.30. The highest BCUT2D eigenvalue weighted by atomic mass is 79.9. The minimum absolute atomic E-state index is 0.586. The molecule has 4 nitrogen and oxygen atoms in total. The highest BCUT2D eigenvalue weighted by Gasteiger charge is 2.07. The van der Waals surface area contributed by atoms with Crippen LogP contribution in [0.2, 0.25) is 0 Å². The summed E-state index contributed by atoms with van der Waals surface area (Å²) >= 11 is 3.47. The number of furan rings is 1. The molecule has 0 bridgehead atoms. The van der Waals surface area contributed by atoms with Gasteiger partial charge in [-0.05, 0) is 30.3 Å². The van der Waals surface area contributed by atoms with Crippen LogP contribution in [0.15, 0.2) is 51.7 Å². The molecule has 0 spiro atoms. The minimum Gasteiger partial charge on any atom is -0.467 e. The molecule has 0 fully saturated rings. The number of nitrogen functional groups attached to an aromatic ring is 1. The van der Waals surface area contributed by atoms with Crippen LogP contribution in [0.4, 0.5) is 11.4 Å². The first-order valence-electron chi connectivity index (χ1n) is 5.84. The zero-order valence-corrected chi connectivity index (χ0v) is 11.6. The Hall–Kier alpha value is -2.01. The number of hydrogen-bond acceptors (Lipinski definition) is 4. The van der Waals surface area contributed by atoms with Gasteiger partial charge in [-0.1, -0.05) is 15.9 Å². The molecule has 0 aliphatic carbocycles. The number of benzene rings is 1. The van der Waals surface area contributed by atoms with Crippen LogP contribution < -0.4 is 11.1 Å². The van der Waals surface area contributed by atoms with Crippen LogP contribution in [-0.4, -0.2) is 4.98 Å². The van der Waals surface area contributed by atoms with Gasteiger partial charge in [0.05, 0.1) is 35.9 Å². The van der Waals surface area contributed by atoms with Gasteiger partial charge in [0.1, 0.15) is 5.76 Å². The first-order chi connectivity index (χ1) is 9.24. The molecule has 0 unspecified atom stereocenters. The molecule has 2 aromatic heterocycles. The second-order valence-corrected chi connectivity index (χ2v) is 5.10. The number of aromatic nitrogens is 1. The third-order valence-electron chi connectivity index (χ3n) is 2.88. The summed E-state index contributed by atoms with van der Waals surface area (Å²) in [4.78, 5) is 4.32. The quantitative estimate of drug-likeness (QED) is 0.771. The van der Waals surface area contributed by atoms with E-state index in [1.54, 1.807) is 12.5 Å². The number of anilines is 2. The van der Waals surface area contributed by atoms with Gasteiger partial charge in [0.15, 0.2) is 0 Å². The van der Waals surface area contributed by atoms with Gasteiger partial charge in [-0.25, -0.2) is 0 Å². The van der Waals surface area contributed by atoms with Crippen molar-refractivity contribution in [1.29, 1.82) is 0 Å². The third kappa shape index (κ3) is 2.42. The van der Waals surface area contributed by atoms with Gasteiger partial charge in [0.25, 0.3) is 0 Å². The molecule has 19 heavy (non-hydrogen) atoms. The highest BCUT2D eigenvalue weighted by molar-refractivity contribution is 9.10. The molecule has 1 aromatic carbocycles. The van der Waals surface area contributed by atoms with Crippen LogP contribution in [0.3, 0.4) is 0 Å². The van der Waals surface area contributed by atoms with Crippen molar-refractivity contribution in [1.82, 2.24) is 4.98 Å². The van der Waals surface area contributed by atoms with Gasteiger partial charge < -0.3 is 15.5 Å². The topological polar surface area (TPSA) is 64.1 Å². The maximum atomic E-state index is 6.01. The monoisotopic (exact) mass is 317 g/mol. The lowest BCUT2D eigenvalue weighted by atomic mass is 10.1. The first kappa shape index (κ1) is 12.0. The van der Waals surface area contributed by atoms with Crippen LogP contribution in [0.1, 0.15) is 5.76 Å². The Morgan fingerprint density at radius 3 is 3.00 bits per heavy atom. The van der Waals surface area contributed by atoms with E-state index in [-0.39, 0.29) is 0 Å².